The van der Waals surface area contributed by atoms with Crippen LogP contribution in [-0.2, 0) is 30.5 Å². The summed E-state index contributed by atoms with van der Waals surface area (Å²) >= 11 is 2.11. The zero-order valence-corrected chi connectivity index (χ0v) is 31.5. The number of aliphatic carboxylic acids is 2. The first-order valence-electron chi connectivity index (χ1n) is 17.4. The van der Waals surface area contributed by atoms with Crippen molar-refractivity contribution in [2.45, 2.75) is 115 Å². The van der Waals surface area contributed by atoms with E-state index in [1.807, 2.05) is 13.0 Å². The van der Waals surface area contributed by atoms with Gasteiger partial charge in [-0.1, -0.05) is 26.2 Å². The second-order valence-electron chi connectivity index (χ2n) is 12.1. The lowest BCUT2D eigenvalue weighted by Crippen LogP contribution is -2.41. The molecule has 0 aliphatic carbocycles. The van der Waals surface area contributed by atoms with Crippen molar-refractivity contribution in [1.29, 1.82) is 0 Å². The number of carboxylic acid groups (broad SMARTS) is 2. The second kappa shape index (κ2) is 26.6. The van der Waals surface area contributed by atoms with Gasteiger partial charge in [-0.15, -0.1) is 0 Å². The molecule has 1 unspecified atom stereocenters. The van der Waals surface area contributed by atoms with Crippen LogP contribution >= 0.6 is 22.6 Å². The molecule has 0 bridgehead atoms. The zero-order valence-electron chi connectivity index (χ0n) is 29.3. The summed E-state index contributed by atoms with van der Waals surface area (Å²) in [6.07, 6.45) is 6.78. The number of nitrogens with one attached hydrogen (secondary N) is 4. The molecule has 0 spiro atoms. The number of carbonyl (C=O) groups excluding carboxylic acids is 4. The van der Waals surface area contributed by atoms with E-state index in [9.17, 15) is 33.9 Å². The van der Waals surface area contributed by atoms with E-state index >= 15 is 0 Å². The molecule has 0 aliphatic rings. The molecule has 286 valence electrons. The fourth-order valence-electron chi connectivity index (χ4n) is 4.90. The zero-order chi connectivity index (χ0) is 38.0. The van der Waals surface area contributed by atoms with Crippen molar-refractivity contribution in [2.75, 3.05) is 19.7 Å². The summed E-state index contributed by atoms with van der Waals surface area (Å²) in [6.45, 7) is 3.09. The van der Waals surface area contributed by atoms with Gasteiger partial charge in [0.25, 0.3) is 5.91 Å². The number of benzene rings is 1. The summed E-state index contributed by atoms with van der Waals surface area (Å²) in [5.41, 5.74) is 12.0. The number of rotatable bonds is 27. The molecule has 10 N–H and O–H groups in total. The summed E-state index contributed by atoms with van der Waals surface area (Å²) in [7, 11) is 0. The molecule has 1 aromatic carbocycles. The van der Waals surface area contributed by atoms with Gasteiger partial charge in [0.15, 0.2) is 5.96 Å². The number of carboxylic acids is 2. The Hall–Kier alpha value is -4.16. The fraction of sp³-hybridized carbons (Fsp3) is 0.618. The SMILES string of the molecule is CCC[C@H](NC(=O)OCCCCCNC(=O)CCCCCCC(=O)NC(CCCCNC(=O)c1cc([131I])cc(CN=C(N)N)c1)C(=O)O)C(=O)O. The Labute approximate surface area is 312 Å². The molecule has 4 amide bonds. The van der Waals surface area contributed by atoms with Gasteiger partial charge in [-0.3, -0.25) is 14.4 Å². The molecule has 0 saturated carbocycles. The second-order valence-corrected chi connectivity index (χ2v) is 13.3. The Morgan fingerprint density at radius 1 is 0.765 bits per heavy atom. The smallest absolute Gasteiger partial charge is 0.407 e. The van der Waals surface area contributed by atoms with Crippen molar-refractivity contribution in [2.24, 2.45) is 16.5 Å². The molecule has 17 heteroatoms. The predicted octanol–water partition coefficient (Wildman–Crippen LogP) is 3.14. The topological polar surface area (TPSA) is 265 Å². The van der Waals surface area contributed by atoms with Crippen LogP contribution in [0.3, 0.4) is 0 Å². The van der Waals surface area contributed by atoms with Crippen molar-refractivity contribution >= 4 is 64.3 Å². The Morgan fingerprint density at radius 2 is 1.37 bits per heavy atom. The summed E-state index contributed by atoms with van der Waals surface area (Å²) in [4.78, 5) is 75.4. The van der Waals surface area contributed by atoms with Gasteiger partial charge in [-0.2, -0.15) is 0 Å². The van der Waals surface area contributed by atoms with Crippen LogP contribution in [0, 0.1) is 3.57 Å². The van der Waals surface area contributed by atoms with Gasteiger partial charge in [-0.25, -0.2) is 19.4 Å². The molecule has 0 aliphatic heterocycles. The highest BCUT2D eigenvalue weighted by Crippen LogP contribution is 2.14. The standard InChI is InChI=1S/C34H54IN7O9/c1-2-12-26(31(46)47)42-34(50)51-18-11-5-9-16-38-28(43)14-6-3-4-7-15-29(44)41-27(32(48)49)13-8-10-17-39-30(45)24-19-23(20-25(35)21-24)22-40-33(36)37/h19-21,26-27H,2-18,22H2,1H3,(H,38,43)(H,39,45)(H,41,44)(H,42,50)(H,46,47)(H,48,49)(H4,36,37,40)/t26-,27?/m0/s1/i35+4. The Morgan fingerprint density at radius 3 is 2.02 bits per heavy atom. The van der Waals surface area contributed by atoms with E-state index in [1.165, 1.54) is 0 Å². The normalized spacial score (nSPS) is 11.8. The van der Waals surface area contributed by atoms with Crippen LogP contribution in [0.15, 0.2) is 23.2 Å². The predicted molar refractivity (Wildman–Crippen MR) is 200 cm³/mol. The summed E-state index contributed by atoms with van der Waals surface area (Å²) in [5.74, 6) is -2.91. The van der Waals surface area contributed by atoms with Crippen molar-refractivity contribution in [3.63, 3.8) is 0 Å². The molecule has 1 aromatic rings. The largest absolute Gasteiger partial charge is 0.480 e. The number of carbonyl (C=O) groups is 6. The van der Waals surface area contributed by atoms with Crippen LogP contribution in [0.2, 0.25) is 0 Å². The van der Waals surface area contributed by atoms with Gasteiger partial charge in [0, 0.05) is 35.1 Å². The monoisotopic (exact) mass is 835 g/mol. The highest BCUT2D eigenvalue weighted by molar-refractivity contribution is 14.1. The van der Waals surface area contributed by atoms with Crippen LogP contribution in [0.5, 0.6) is 0 Å². The van der Waals surface area contributed by atoms with E-state index in [4.69, 9.17) is 21.3 Å². The maximum absolute atomic E-state index is 12.6. The van der Waals surface area contributed by atoms with Gasteiger partial charge in [0.05, 0.1) is 13.2 Å². The first-order chi connectivity index (χ1) is 24.3. The minimum atomic E-state index is -1.11. The number of aliphatic imine (C=N–C) groups is 1. The number of nitrogens with two attached hydrogens (primary N) is 2. The van der Waals surface area contributed by atoms with Gasteiger partial charge >= 0.3 is 18.0 Å². The van der Waals surface area contributed by atoms with E-state index in [0.717, 1.165) is 28.4 Å². The lowest BCUT2D eigenvalue weighted by molar-refractivity contribution is -0.142. The van der Waals surface area contributed by atoms with Crippen LogP contribution < -0.4 is 32.7 Å². The molecule has 2 atom stereocenters. The van der Waals surface area contributed by atoms with Crippen molar-refractivity contribution in [1.82, 2.24) is 21.3 Å². The van der Waals surface area contributed by atoms with Crippen molar-refractivity contribution in [3.8, 4) is 0 Å². The third kappa shape index (κ3) is 22.3. The van der Waals surface area contributed by atoms with E-state index in [0.29, 0.717) is 76.4 Å². The first-order valence-corrected chi connectivity index (χ1v) is 18.5. The highest BCUT2D eigenvalue weighted by atomic mass is 131. The number of hydrogen-bond acceptors (Lipinski definition) is 8. The minimum Gasteiger partial charge on any atom is -0.480 e. The molecule has 0 saturated heterocycles. The maximum atomic E-state index is 12.6. The van der Waals surface area contributed by atoms with Gasteiger partial charge in [0.2, 0.25) is 11.8 Å². The summed E-state index contributed by atoms with van der Waals surface area (Å²) in [6, 6.07) is 3.36. The van der Waals surface area contributed by atoms with Crippen LogP contribution in [-0.4, -0.2) is 83.7 Å². The van der Waals surface area contributed by atoms with E-state index < -0.39 is 30.1 Å². The quantitative estimate of drug-likeness (QED) is 0.0276. The minimum absolute atomic E-state index is 0.0377. The molecule has 0 fully saturated rings. The number of unbranched alkanes of at least 4 members (excludes halogenated alkanes) is 6. The van der Waals surface area contributed by atoms with Crippen LogP contribution in [0.4, 0.5) is 4.79 Å². The highest BCUT2D eigenvalue weighted by Gasteiger charge is 2.20. The molecule has 1 rings (SSSR count). The van der Waals surface area contributed by atoms with Gasteiger partial charge in [-0.05, 0) is 104 Å². The lowest BCUT2D eigenvalue weighted by atomic mass is 10.1. The summed E-state index contributed by atoms with van der Waals surface area (Å²) < 4.78 is 5.87. The third-order valence-corrected chi connectivity index (χ3v) is 8.23. The molecular weight excluding hydrogens is 781 g/mol. The third-order valence-electron chi connectivity index (χ3n) is 7.60. The number of amides is 4. The Balaban J connectivity index is 2.13. The molecule has 0 radical (unpaired) electrons. The van der Waals surface area contributed by atoms with Crippen LogP contribution in [0.1, 0.15) is 113 Å². The molecular formula is C34H54IN7O9. The number of guanidine groups is 1. The van der Waals surface area contributed by atoms with E-state index in [-0.39, 0.29) is 49.7 Å². The molecule has 0 aromatic heterocycles. The Kier molecular flexibility index (Phi) is 23.4. The molecule has 51 heavy (non-hydrogen) atoms. The van der Waals surface area contributed by atoms with E-state index in [2.05, 4.69) is 48.9 Å². The average Bonchev–Trinajstić information content (AvgIpc) is 3.07. The van der Waals surface area contributed by atoms with Crippen molar-refractivity contribution in [3.05, 3.63) is 32.9 Å². The number of halogens is 1. The van der Waals surface area contributed by atoms with Gasteiger partial charge in [0.1, 0.15) is 12.1 Å². The number of nitrogens with zero attached hydrogens (tertiary/aromatic N) is 1. The number of ether oxygens (including phenoxy) is 1. The fourth-order valence-corrected chi connectivity index (χ4v) is 5.63. The van der Waals surface area contributed by atoms with Crippen molar-refractivity contribution < 1.29 is 43.7 Å². The Bertz CT molecular complexity index is 1310. The average molecular weight is 836 g/mol. The van der Waals surface area contributed by atoms with E-state index in [1.54, 1.807) is 12.1 Å². The number of alkyl carbamates (subject to hydrolysis) is 1. The molecule has 16 nitrogen and oxygen atoms in total. The maximum Gasteiger partial charge on any atom is 0.407 e. The summed E-state index contributed by atoms with van der Waals surface area (Å²) in [5, 5.41) is 29.2. The first kappa shape index (κ1) is 44.9. The van der Waals surface area contributed by atoms with Crippen LogP contribution in [0.25, 0.3) is 0 Å². The lowest BCUT2D eigenvalue weighted by Gasteiger charge is -2.14. The van der Waals surface area contributed by atoms with Gasteiger partial charge < -0.3 is 47.7 Å². The molecule has 0 heterocycles. The number of hydrogen-bond donors (Lipinski definition) is 8.